The summed E-state index contributed by atoms with van der Waals surface area (Å²) in [5.74, 6) is 2.04. The second-order valence-corrected chi connectivity index (χ2v) is 5.95. The van der Waals surface area contributed by atoms with Crippen molar-refractivity contribution < 1.29 is 0 Å². The van der Waals surface area contributed by atoms with Gasteiger partial charge in [0.1, 0.15) is 0 Å². The Kier molecular flexibility index (Phi) is 2.65. The van der Waals surface area contributed by atoms with E-state index in [1.54, 1.807) is 0 Å². The molecule has 1 saturated carbocycles. The van der Waals surface area contributed by atoms with E-state index >= 15 is 0 Å². The van der Waals surface area contributed by atoms with Crippen LogP contribution in [-0.4, -0.2) is 4.98 Å². The highest BCUT2D eigenvalue weighted by molar-refractivity contribution is 7.12. The van der Waals surface area contributed by atoms with Crippen LogP contribution in [0.25, 0.3) is 0 Å². The van der Waals surface area contributed by atoms with Crippen LogP contribution < -0.4 is 0 Å². The normalized spacial score (nSPS) is 17.0. The molecule has 1 fully saturated rings. The predicted molar refractivity (Wildman–Crippen MR) is 62.3 cm³/mol. The molecule has 0 bridgehead atoms. The molecule has 0 aromatic carbocycles. The number of hydrogen-bond acceptors (Lipinski definition) is 2. The number of aromatic nitrogens is 1. The summed E-state index contributed by atoms with van der Waals surface area (Å²) in [5, 5.41) is 1.33. The van der Waals surface area contributed by atoms with Crippen molar-refractivity contribution in [2.45, 2.75) is 58.3 Å². The summed E-state index contributed by atoms with van der Waals surface area (Å²) in [5.41, 5.74) is 1.42. The van der Waals surface area contributed by atoms with Crippen LogP contribution in [0, 0.1) is 0 Å². The molecule has 0 amide bonds. The minimum Gasteiger partial charge on any atom is -0.245 e. The van der Waals surface area contributed by atoms with Gasteiger partial charge in [-0.3, -0.25) is 0 Å². The average molecular weight is 209 g/mol. The number of rotatable bonds is 3. The molecule has 1 aliphatic carbocycles. The Morgan fingerprint density at radius 2 is 1.79 bits per heavy atom. The summed E-state index contributed by atoms with van der Waals surface area (Å²) in [4.78, 5) is 6.35. The van der Waals surface area contributed by atoms with Crippen molar-refractivity contribution in [3.63, 3.8) is 0 Å². The molecule has 1 aromatic rings. The molecule has 0 N–H and O–H groups in total. The minimum absolute atomic E-state index is 0.588. The number of thiazole rings is 1. The van der Waals surface area contributed by atoms with Crippen LogP contribution in [0.1, 0.15) is 73.9 Å². The fourth-order valence-corrected chi connectivity index (χ4v) is 2.83. The third-order valence-corrected chi connectivity index (χ3v) is 4.35. The molecule has 1 aliphatic rings. The first-order chi connectivity index (χ1) is 6.59. The lowest BCUT2D eigenvalue weighted by Gasteiger charge is -2.02. The van der Waals surface area contributed by atoms with Crippen LogP contribution in [0.15, 0.2) is 0 Å². The van der Waals surface area contributed by atoms with Crippen LogP contribution in [0.4, 0.5) is 0 Å². The lowest BCUT2D eigenvalue weighted by atomic mass is 10.1. The highest BCUT2D eigenvalue weighted by Crippen LogP contribution is 2.45. The summed E-state index contributed by atoms with van der Waals surface area (Å²) < 4.78 is 0. The van der Waals surface area contributed by atoms with Crippen molar-refractivity contribution in [1.82, 2.24) is 4.98 Å². The third-order valence-electron chi connectivity index (χ3n) is 2.68. The first-order valence-corrected chi connectivity index (χ1v) is 6.41. The van der Waals surface area contributed by atoms with E-state index in [0.717, 1.165) is 5.92 Å². The monoisotopic (exact) mass is 209 g/mol. The van der Waals surface area contributed by atoms with Gasteiger partial charge in [0, 0.05) is 16.7 Å². The van der Waals surface area contributed by atoms with E-state index in [1.165, 1.54) is 28.4 Å². The SMILES string of the molecule is CC(C)c1nc(C2CC2)c(C(C)C)s1. The molecule has 1 heterocycles. The molecule has 0 atom stereocenters. The zero-order valence-electron chi connectivity index (χ0n) is 9.50. The van der Waals surface area contributed by atoms with Crippen molar-refractivity contribution in [2.75, 3.05) is 0 Å². The third kappa shape index (κ3) is 1.85. The maximum atomic E-state index is 4.81. The van der Waals surface area contributed by atoms with Crippen molar-refractivity contribution in [2.24, 2.45) is 0 Å². The van der Waals surface area contributed by atoms with Gasteiger partial charge in [-0.1, -0.05) is 27.7 Å². The van der Waals surface area contributed by atoms with Crippen molar-refractivity contribution in [3.8, 4) is 0 Å². The fourth-order valence-electron chi connectivity index (χ4n) is 1.67. The second-order valence-electron chi connectivity index (χ2n) is 4.89. The van der Waals surface area contributed by atoms with Gasteiger partial charge in [-0.25, -0.2) is 4.98 Å². The van der Waals surface area contributed by atoms with Gasteiger partial charge in [-0.2, -0.15) is 0 Å². The van der Waals surface area contributed by atoms with E-state index in [2.05, 4.69) is 27.7 Å². The summed E-state index contributed by atoms with van der Waals surface area (Å²) in [6.07, 6.45) is 2.72. The summed E-state index contributed by atoms with van der Waals surface area (Å²) in [7, 11) is 0. The van der Waals surface area contributed by atoms with E-state index in [1.807, 2.05) is 11.3 Å². The molecule has 78 valence electrons. The largest absolute Gasteiger partial charge is 0.245 e. The molecular weight excluding hydrogens is 190 g/mol. The zero-order valence-corrected chi connectivity index (χ0v) is 10.3. The summed E-state index contributed by atoms with van der Waals surface area (Å²) in [6, 6.07) is 0. The standard InChI is InChI=1S/C12H19NS/c1-7(2)11-10(9-5-6-9)13-12(14-11)8(3)4/h7-9H,5-6H2,1-4H3. The molecule has 2 heteroatoms. The van der Waals surface area contributed by atoms with E-state index in [4.69, 9.17) is 4.98 Å². The Hall–Kier alpha value is -0.370. The van der Waals surface area contributed by atoms with E-state index in [9.17, 15) is 0 Å². The Morgan fingerprint density at radius 1 is 1.14 bits per heavy atom. The summed E-state index contributed by atoms with van der Waals surface area (Å²) in [6.45, 7) is 9.03. The van der Waals surface area contributed by atoms with Gasteiger partial charge < -0.3 is 0 Å². The van der Waals surface area contributed by atoms with Gasteiger partial charge in [0.25, 0.3) is 0 Å². The quantitative estimate of drug-likeness (QED) is 0.724. The molecule has 1 nitrogen and oxygen atoms in total. The minimum atomic E-state index is 0.588. The Morgan fingerprint density at radius 3 is 2.21 bits per heavy atom. The van der Waals surface area contributed by atoms with Gasteiger partial charge in [-0.15, -0.1) is 11.3 Å². The fraction of sp³-hybridized carbons (Fsp3) is 0.750. The van der Waals surface area contributed by atoms with Crippen LogP contribution in [0.3, 0.4) is 0 Å². The topological polar surface area (TPSA) is 12.9 Å². The number of hydrogen-bond donors (Lipinski definition) is 0. The Balaban J connectivity index is 2.35. The highest BCUT2D eigenvalue weighted by atomic mass is 32.1. The van der Waals surface area contributed by atoms with E-state index in [0.29, 0.717) is 11.8 Å². The molecule has 0 spiro atoms. The highest BCUT2D eigenvalue weighted by Gasteiger charge is 2.30. The molecule has 14 heavy (non-hydrogen) atoms. The maximum Gasteiger partial charge on any atom is 0.0956 e. The Labute approximate surface area is 90.6 Å². The first-order valence-electron chi connectivity index (χ1n) is 5.60. The molecular formula is C12H19NS. The van der Waals surface area contributed by atoms with Crippen LogP contribution in [0.5, 0.6) is 0 Å². The van der Waals surface area contributed by atoms with Gasteiger partial charge >= 0.3 is 0 Å². The first kappa shape index (κ1) is 10.2. The molecule has 0 saturated heterocycles. The summed E-state index contributed by atoms with van der Waals surface area (Å²) >= 11 is 1.93. The smallest absolute Gasteiger partial charge is 0.0956 e. The lowest BCUT2D eigenvalue weighted by molar-refractivity contribution is 0.822. The van der Waals surface area contributed by atoms with Gasteiger partial charge in [0.2, 0.25) is 0 Å². The second kappa shape index (κ2) is 3.65. The zero-order chi connectivity index (χ0) is 10.3. The van der Waals surface area contributed by atoms with Crippen LogP contribution >= 0.6 is 11.3 Å². The molecule has 0 unspecified atom stereocenters. The predicted octanol–water partition coefficient (Wildman–Crippen LogP) is 4.27. The molecule has 2 rings (SSSR count). The van der Waals surface area contributed by atoms with E-state index in [-0.39, 0.29) is 0 Å². The van der Waals surface area contributed by atoms with Crippen molar-refractivity contribution >= 4 is 11.3 Å². The van der Waals surface area contributed by atoms with Gasteiger partial charge in [-0.05, 0) is 18.8 Å². The lowest BCUT2D eigenvalue weighted by Crippen LogP contribution is -1.90. The van der Waals surface area contributed by atoms with Gasteiger partial charge in [0.15, 0.2) is 0 Å². The van der Waals surface area contributed by atoms with Crippen molar-refractivity contribution in [3.05, 3.63) is 15.6 Å². The van der Waals surface area contributed by atoms with Crippen molar-refractivity contribution in [1.29, 1.82) is 0 Å². The average Bonchev–Trinajstić information content (AvgIpc) is 2.83. The maximum absolute atomic E-state index is 4.81. The van der Waals surface area contributed by atoms with Crippen LogP contribution in [0.2, 0.25) is 0 Å². The number of nitrogens with zero attached hydrogens (tertiary/aromatic N) is 1. The molecule has 1 aromatic heterocycles. The van der Waals surface area contributed by atoms with Crippen LogP contribution in [-0.2, 0) is 0 Å². The van der Waals surface area contributed by atoms with E-state index < -0.39 is 0 Å². The molecule has 0 radical (unpaired) electrons. The van der Waals surface area contributed by atoms with Gasteiger partial charge in [0.05, 0.1) is 10.7 Å². The molecule has 0 aliphatic heterocycles. The Bertz CT molecular complexity index is 302.